The van der Waals surface area contributed by atoms with Gasteiger partial charge in [-0.1, -0.05) is 42.5 Å². The van der Waals surface area contributed by atoms with E-state index < -0.39 is 11.4 Å². The molecule has 3 aromatic carbocycles. The molecular weight excluding hydrogens is 395 g/mol. The number of benzene rings is 3. The summed E-state index contributed by atoms with van der Waals surface area (Å²) < 4.78 is 15.1. The first-order chi connectivity index (χ1) is 15.0. The second-order valence-electron chi connectivity index (χ2n) is 7.20. The summed E-state index contributed by atoms with van der Waals surface area (Å²) >= 11 is 0. The molecule has 0 aliphatic carbocycles. The van der Waals surface area contributed by atoms with Crippen molar-refractivity contribution in [2.45, 2.75) is 0 Å². The van der Waals surface area contributed by atoms with E-state index in [1.807, 2.05) is 36.4 Å². The fourth-order valence-corrected chi connectivity index (χ4v) is 3.80. The zero-order valence-electron chi connectivity index (χ0n) is 16.2. The lowest BCUT2D eigenvalue weighted by atomic mass is 10.0. The minimum Gasteiger partial charge on any atom is -0.507 e. The van der Waals surface area contributed by atoms with Crippen molar-refractivity contribution in [3.8, 4) is 39.4 Å². The lowest BCUT2D eigenvalue weighted by molar-refractivity contribution is 0.477. The Kier molecular flexibility index (Phi) is 4.33. The van der Waals surface area contributed by atoms with Crippen molar-refractivity contribution in [1.29, 1.82) is 0 Å². The highest BCUT2D eigenvalue weighted by Gasteiger charge is 2.18. The number of aromatic amines is 1. The van der Waals surface area contributed by atoms with Crippen molar-refractivity contribution >= 4 is 11.0 Å². The summed E-state index contributed by atoms with van der Waals surface area (Å²) in [7, 11) is 0. The van der Waals surface area contributed by atoms with Gasteiger partial charge in [0.25, 0.3) is 5.56 Å². The number of rotatable bonds is 3. The first-order valence-electron chi connectivity index (χ1n) is 9.64. The van der Waals surface area contributed by atoms with Gasteiger partial charge in [0.1, 0.15) is 17.1 Å². The molecule has 0 radical (unpaired) electrons. The van der Waals surface area contributed by atoms with Gasteiger partial charge in [0.05, 0.1) is 11.1 Å². The lowest BCUT2D eigenvalue weighted by Crippen LogP contribution is -2.09. The Labute approximate surface area is 176 Å². The second-order valence-corrected chi connectivity index (χ2v) is 7.20. The number of pyridine rings is 1. The van der Waals surface area contributed by atoms with Gasteiger partial charge in [0, 0.05) is 17.4 Å². The number of phenols is 1. The Morgan fingerprint density at radius 2 is 1.48 bits per heavy atom. The third-order valence-electron chi connectivity index (χ3n) is 5.32. The number of para-hydroxylation sites is 1. The first-order valence-corrected chi connectivity index (χ1v) is 9.64. The molecule has 0 spiro atoms. The maximum atomic E-state index is 13.3. The SMILES string of the molecule is O=c1[nH]c2ccn(-c3ccc(-c4ccccc4O)cc3)c2c(O)c1-c1ccc(F)cc1. The molecular formula is C25H17FN2O3. The number of nitrogens with one attached hydrogen (secondary N) is 1. The van der Waals surface area contributed by atoms with E-state index >= 15 is 0 Å². The molecule has 0 bridgehead atoms. The number of phenolic OH excluding ortho intramolecular Hbond substituents is 1. The zero-order valence-corrected chi connectivity index (χ0v) is 16.2. The molecule has 0 aliphatic heterocycles. The molecule has 3 N–H and O–H groups in total. The van der Waals surface area contributed by atoms with Crippen molar-refractivity contribution in [3.05, 3.63) is 101 Å². The number of H-pyrrole nitrogens is 1. The Hall–Kier alpha value is -4.32. The number of halogens is 1. The Morgan fingerprint density at radius 3 is 2.19 bits per heavy atom. The topological polar surface area (TPSA) is 78.2 Å². The van der Waals surface area contributed by atoms with Gasteiger partial charge >= 0.3 is 0 Å². The number of aromatic hydroxyl groups is 2. The van der Waals surface area contributed by atoms with Crippen LogP contribution >= 0.6 is 0 Å². The van der Waals surface area contributed by atoms with Crippen molar-refractivity contribution in [1.82, 2.24) is 9.55 Å². The average molecular weight is 412 g/mol. The quantitative estimate of drug-likeness (QED) is 0.381. The molecule has 0 atom stereocenters. The minimum absolute atomic E-state index is 0.0817. The van der Waals surface area contributed by atoms with Crippen molar-refractivity contribution in [3.63, 3.8) is 0 Å². The number of fused-ring (bicyclic) bond motifs is 1. The van der Waals surface area contributed by atoms with Crippen LogP contribution in [0, 0.1) is 5.82 Å². The van der Waals surface area contributed by atoms with Gasteiger partial charge < -0.3 is 19.8 Å². The molecule has 6 heteroatoms. The van der Waals surface area contributed by atoms with Crippen LogP contribution in [0.4, 0.5) is 4.39 Å². The van der Waals surface area contributed by atoms with Crippen LogP contribution in [0.15, 0.2) is 89.9 Å². The van der Waals surface area contributed by atoms with Crippen molar-refractivity contribution in [2.24, 2.45) is 0 Å². The number of hydrogen-bond donors (Lipinski definition) is 3. The number of aromatic nitrogens is 2. The molecule has 0 fully saturated rings. The summed E-state index contributed by atoms with van der Waals surface area (Å²) in [6.07, 6.45) is 1.75. The largest absolute Gasteiger partial charge is 0.507 e. The molecule has 2 aromatic heterocycles. The molecule has 0 unspecified atom stereocenters. The lowest BCUT2D eigenvalue weighted by Gasteiger charge is -2.11. The van der Waals surface area contributed by atoms with Crippen LogP contribution in [0.5, 0.6) is 11.5 Å². The Morgan fingerprint density at radius 1 is 0.806 bits per heavy atom. The maximum absolute atomic E-state index is 13.3. The maximum Gasteiger partial charge on any atom is 0.260 e. The third-order valence-corrected chi connectivity index (χ3v) is 5.32. The van der Waals surface area contributed by atoms with Crippen molar-refractivity contribution in [2.75, 3.05) is 0 Å². The standard InChI is InChI=1S/C25H17FN2O3/c26-17-9-5-16(6-10-17)22-24(30)23-20(27-25(22)31)13-14-28(23)18-11-7-15(8-12-18)19-3-1-2-4-21(19)29/h1-14,29H,(H2,27,30,31). The summed E-state index contributed by atoms with van der Waals surface area (Å²) in [5, 5.41) is 21.1. The first kappa shape index (κ1) is 18.7. The highest BCUT2D eigenvalue weighted by molar-refractivity contribution is 5.91. The van der Waals surface area contributed by atoms with Crippen LogP contribution in [0.25, 0.3) is 39.0 Å². The van der Waals surface area contributed by atoms with Crippen molar-refractivity contribution < 1.29 is 14.6 Å². The highest BCUT2D eigenvalue weighted by Crippen LogP contribution is 2.35. The van der Waals surface area contributed by atoms with E-state index in [0.717, 1.165) is 16.8 Å². The number of nitrogens with zero attached hydrogens (tertiary/aromatic N) is 1. The van der Waals surface area contributed by atoms with E-state index in [9.17, 15) is 19.4 Å². The highest BCUT2D eigenvalue weighted by atomic mass is 19.1. The molecule has 152 valence electrons. The van der Waals surface area contributed by atoms with E-state index in [1.165, 1.54) is 24.3 Å². The minimum atomic E-state index is -0.454. The molecule has 0 amide bonds. The molecule has 0 aliphatic rings. The second kappa shape index (κ2) is 7.18. The molecule has 5 nitrogen and oxygen atoms in total. The summed E-state index contributed by atoms with van der Waals surface area (Å²) in [5.41, 5.74) is 3.31. The summed E-state index contributed by atoms with van der Waals surface area (Å²) in [5.74, 6) is -0.408. The fraction of sp³-hybridized carbons (Fsp3) is 0. The molecule has 5 rings (SSSR count). The predicted molar refractivity (Wildman–Crippen MR) is 118 cm³/mol. The van der Waals surface area contributed by atoms with Crippen LogP contribution in [0.1, 0.15) is 0 Å². The Balaban J connectivity index is 1.64. The zero-order chi connectivity index (χ0) is 21.5. The van der Waals surface area contributed by atoms with Crippen LogP contribution in [-0.2, 0) is 0 Å². The molecule has 31 heavy (non-hydrogen) atoms. The van der Waals surface area contributed by atoms with Gasteiger partial charge in [-0.25, -0.2) is 4.39 Å². The van der Waals surface area contributed by atoms with E-state index in [4.69, 9.17) is 0 Å². The summed E-state index contributed by atoms with van der Waals surface area (Å²) in [6, 6.07) is 21.7. The van der Waals surface area contributed by atoms with E-state index in [2.05, 4.69) is 4.98 Å². The molecule has 0 saturated heterocycles. The van der Waals surface area contributed by atoms with Gasteiger partial charge in [-0.15, -0.1) is 0 Å². The van der Waals surface area contributed by atoms with Gasteiger partial charge in [0.15, 0.2) is 5.75 Å². The van der Waals surface area contributed by atoms with Gasteiger partial charge in [-0.05, 0) is 47.5 Å². The van der Waals surface area contributed by atoms with Gasteiger partial charge in [-0.3, -0.25) is 4.79 Å². The molecule has 5 aromatic rings. The number of hydrogen-bond acceptors (Lipinski definition) is 3. The van der Waals surface area contributed by atoms with Gasteiger partial charge in [-0.2, -0.15) is 0 Å². The van der Waals surface area contributed by atoms with E-state index in [-0.39, 0.29) is 17.1 Å². The summed E-state index contributed by atoms with van der Waals surface area (Å²) in [4.78, 5) is 15.4. The Bertz CT molecular complexity index is 1470. The smallest absolute Gasteiger partial charge is 0.260 e. The average Bonchev–Trinajstić information content (AvgIpc) is 3.19. The van der Waals surface area contributed by atoms with Crippen LogP contribution in [0.2, 0.25) is 0 Å². The van der Waals surface area contributed by atoms with Crippen LogP contribution in [0.3, 0.4) is 0 Å². The third kappa shape index (κ3) is 3.14. The van der Waals surface area contributed by atoms with Crippen LogP contribution < -0.4 is 5.56 Å². The van der Waals surface area contributed by atoms with E-state index in [0.29, 0.717) is 16.6 Å². The predicted octanol–water partition coefficient (Wildman–Crippen LogP) is 5.20. The normalized spacial score (nSPS) is 11.1. The monoisotopic (exact) mass is 412 g/mol. The van der Waals surface area contributed by atoms with Gasteiger partial charge in [0.2, 0.25) is 0 Å². The fourth-order valence-electron chi connectivity index (χ4n) is 3.80. The van der Waals surface area contributed by atoms with Crippen LogP contribution in [-0.4, -0.2) is 19.8 Å². The molecule has 0 saturated carbocycles. The molecule has 2 heterocycles. The summed E-state index contributed by atoms with van der Waals surface area (Å²) in [6.45, 7) is 0. The van der Waals surface area contributed by atoms with E-state index in [1.54, 1.807) is 29.0 Å².